The highest BCUT2D eigenvalue weighted by Gasteiger charge is 2.19. The molecule has 3 aromatic rings. The van der Waals surface area contributed by atoms with Crippen molar-refractivity contribution in [1.82, 2.24) is 0 Å². The standard InChI is InChI=1S/C22H21ClN2O5S/c1-14-7-9-17(24-22(26)15-8-10-19(29-2)20(11-15)30-3)13-21(14)31(27,28)25-18-6-4-5-16(23)12-18/h4-13,25H,1-3H3,(H,24,26). The largest absolute Gasteiger partial charge is 0.493 e. The number of halogens is 1. The number of carbonyl (C=O) groups excluding carboxylic acids is 1. The molecule has 0 radical (unpaired) electrons. The van der Waals surface area contributed by atoms with E-state index in [2.05, 4.69) is 10.0 Å². The number of sulfonamides is 1. The van der Waals surface area contributed by atoms with Crippen molar-refractivity contribution in [1.29, 1.82) is 0 Å². The minimum absolute atomic E-state index is 0.0394. The van der Waals surface area contributed by atoms with Crippen molar-refractivity contribution in [2.24, 2.45) is 0 Å². The Morgan fingerprint density at radius 3 is 2.32 bits per heavy atom. The Morgan fingerprint density at radius 2 is 1.65 bits per heavy atom. The maximum atomic E-state index is 12.9. The van der Waals surface area contributed by atoms with Gasteiger partial charge in [0.15, 0.2) is 11.5 Å². The monoisotopic (exact) mass is 460 g/mol. The highest BCUT2D eigenvalue weighted by Crippen LogP contribution is 2.28. The molecular weight excluding hydrogens is 440 g/mol. The summed E-state index contributed by atoms with van der Waals surface area (Å²) in [5.74, 6) is 0.485. The van der Waals surface area contributed by atoms with Gasteiger partial charge in [-0.25, -0.2) is 8.42 Å². The zero-order valence-electron chi connectivity index (χ0n) is 17.1. The van der Waals surface area contributed by atoms with Crippen molar-refractivity contribution < 1.29 is 22.7 Å². The fourth-order valence-corrected chi connectivity index (χ4v) is 4.42. The summed E-state index contributed by atoms with van der Waals surface area (Å²) in [7, 11) is -0.921. The SMILES string of the molecule is COc1ccc(C(=O)Nc2ccc(C)c(S(=O)(=O)Nc3cccc(Cl)c3)c2)cc1OC. The Morgan fingerprint density at radius 1 is 0.903 bits per heavy atom. The molecule has 2 N–H and O–H groups in total. The van der Waals surface area contributed by atoms with Gasteiger partial charge in [0.05, 0.1) is 24.8 Å². The summed E-state index contributed by atoms with van der Waals surface area (Å²) in [5, 5.41) is 3.12. The zero-order valence-corrected chi connectivity index (χ0v) is 18.7. The zero-order chi connectivity index (χ0) is 22.6. The summed E-state index contributed by atoms with van der Waals surface area (Å²) in [4.78, 5) is 12.7. The molecular formula is C22H21ClN2O5S. The van der Waals surface area contributed by atoms with Crippen LogP contribution in [0.1, 0.15) is 15.9 Å². The smallest absolute Gasteiger partial charge is 0.262 e. The van der Waals surface area contributed by atoms with E-state index in [4.69, 9.17) is 21.1 Å². The van der Waals surface area contributed by atoms with Gasteiger partial charge in [-0.15, -0.1) is 0 Å². The molecule has 1 amide bonds. The van der Waals surface area contributed by atoms with Crippen LogP contribution in [0.2, 0.25) is 5.02 Å². The van der Waals surface area contributed by atoms with Crippen molar-refractivity contribution in [2.45, 2.75) is 11.8 Å². The van der Waals surface area contributed by atoms with E-state index in [1.807, 2.05) is 0 Å². The normalized spacial score (nSPS) is 11.0. The average molecular weight is 461 g/mol. The van der Waals surface area contributed by atoms with E-state index < -0.39 is 15.9 Å². The minimum atomic E-state index is -3.90. The first kappa shape index (κ1) is 22.5. The second kappa shape index (κ2) is 9.28. The van der Waals surface area contributed by atoms with E-state index in [0.717, 1.165) is 0 Å². The molecule has 0 aromatic heterocycles. The lowest BCUT2D eigenvalue weighted by molar-refractivity contribution is 0.102. The van der Waals surface area contributed by atoms with E-state index in [9.17, 15) is 13.2 Å². The van der Waals surface area contributed by atoms with Crippen molar-refractivity contribution in [3.8, 4) is 11.5 Å². The predicted octanol–water partition coefficient (Wildman–Crippen LogP) is 4.72. The van der Waals surface area contributed by atoms with Crippen LogP contribution in [0.15, 0.2) is 65.6 Å². The Kier molecular flexibility index (Phi) is 6.72. The highest BCUT2D eigenvalue weighted by molar-refractivity contribution is 7.92. The molecule has 0 bridgehead atoms. The summed E-state index contributed by atoms with van der Waals surface area (Å²) in [6.07, 6.45) is 0. The quantitative estimate of drug-likeness (QED) is 0.532. The van der Waals surface area contributed by atoms with E-state index in [1.54, 1.807) is 55.5 Å². The van der Waals surface area contributed by atoms with Crippen LogP contribution in [-0.4, -0.2) is 28.5 Å². The fraction of sp³-hybridized carbons (Fsp3) is 0.136. The summed E-state index contributed by atoms with van der Waals surface area (Å²) < 4.78 is 38.7. The first-order chi connectivity index (χ1) is 14.7. The predicted molar refractivity (Wildman–Crippen MR) is 121 cm³/mol. The van der Waals surface area contributed by atoms with Gasteiger partial charge >= 0.3 is 0 Å². The van der Waals surface area contributed by atoms with E-state index in [1.165, 1.54) is 26.4 Å². The molecule has 0 aliphatic rings. The molecule has 0 atom stereocenters. The summed E-state index contributed by atoms with van der Waals surface area (Å²) >= 11 is 5.93. The molecule has 7 nitrogen and oxygen atoms in total. The molecule has 3 aromatic carbocycles. The number of nitrogens with one attached hydrogen (secondary N) is 2. The van der Waals surface area contributed by atoms with Crippen LogP contribution in [0, 0.1) is 6.92 Å². The molecule has 0 saturated carbocycles. The molecule has 0 unspecified atom stereocenters. The second-order valence-electron chi connectivity index (χ2n) is 6.62. The number of amides is 1. The number of carbonyl (C=O) groups is 1. The molecule has 0 spiro atoms. The third-order valence-corrected chi connectivity index (χ3v) is 6.22. The van der Waals surface area contributed by atoms with Crippen LogP contribution in [0.3, 0.4) is 0 Å². The number of hydrogen-bond donors (Lipinski definition) is 2. The number of rotatable bonds is 7. The van der Waals surface area contributed by atoms with Gasteiger partial charge in [-0.05, 0) is 61.0 Å². The molecule has 0 saturated heterocycles. The van der Waals surface area contributed by atoms with Gasteiger partial charge in [0.2, 0.25) is 0 Å². The van der Waals surface area contributed by atoms with Crippen molar-refractivity contribution in [2.75, 3.05) is 24.3 Å². The fourth-order valence-electron chi connectivity index (χ4n) is 2.91. The van der Waals surface area contributed by atoms with Crippen LogP contribution in [-0.2, 0) is 10.0 Å². The van der Waals surface area contributed by atoms with Crippen LogP contribution < -0.4 is 19.5 Å². The molecule has 0 heterocycles. The Balaban J connectivity index is 1.86. The number of anilines is 2. The van der Waals surface area contributed by atoms with Crippen LogP contribution >= 0.6 is 11.6 Å². The molecule has 0 aliphatic carbocycles. The number of benzene rings is 3. The number of hydrogen-bond acceptors (Lipinski definition) is 5. The summed E-state index contributed by atoms with van der Waals surface area (Å²) in [5.41, 5.74) is 1.53. The maximum absolute atomic E-state index is 12.9. The summed E-state index contributed by atoms with van der Waals surface area (Å²) in [6.45, 7) is 1.67. The van der Waals surface area contributed by atoms with Crippen molar-refractivity contribution in [3.63, 3.8) is 0 Å². The average Bonchev–Trinajstić information content (AvgIpc) is 2.74. The number of aryl methyl sites for hydroxylation is 1. The van der Waals surface area contributed by atoms with Crippen molar-refractivity contribution >= 4 is 38.9 Å². The van der Waals surface area contributed by atoms with Gasteiger partial charge in [-0.3, -0.25) is 9.52 Å². The molecule has 0 aliphatic heterocycles. The first-order valence-electron chi connectivity index (χ1n) is 9.16. The summed E-state index contributed by atoms with van der Waals surface area (Å²) in [6, 6.07) is 15.8. The molecule has 31 heavy (non-hydrogen) atoms. The van der Waals surface area contributed by atoms with Crippen LogP contribution in [0.25, 0.3) is 0 Å². The van der Waals surface area contributed by atoms with Gasteiger partial charge in [-0.1, -0.05) is 23.7 Å². The second-order valence-corrected chi connectivity index (χ2v) is 8.71. The Labute approximate surface area is 186 Å². The van der Waals surface area contributed by atoms with Gasteiger partial charge < -0.3 is 14.8 Å². The van der Waals surface area contributed by atoms with Crippen LogP contribution in [0.5, 0.6) is 11.5 Å². The third-order valence-electron chi connectivity index (χ3n) is 4.46. The van der Waals surface area contributed by atoms with E-state index >= 15 is 0 Å². The van der Waals surface area contributed by atoms with Gasteiger partial charge in [0, 0.05) is 16.3 Å². The topological polar surface area (TPSA) is 93.7 Å². The van der Waals surface area contributed by atoms with Gasteiger partial charge in [0.25, 0.3) is 15.9 Å². The lowest BCUT2D eigenvalue weighted by Gasteiger charge is -2.13. The maximum Gasteiger partial charge on any atom is 0.262 e. The Hall–Kier alpha value is -3.23. The van der Waals surface area contributed by atoms with E-state index in [-0.39, 0.29) is 4.90 Å². The lowest BCUT2D eigenvalue weighted by Crippen LogP contribution is -2.16. The van der Waals surface area contributed by atoms with Crippen LogP contribution in [0.4, 0.5) is 11.4 Å². The third kappa shape index (κ3) is 5.28. The number of ether oxygens (including phenoxy) is 2. The molecule has 9 heteroatoms. The first-order valence-corrected chi connectivity index (χ1v) is 11.0. The van der Waals surface area contributed by atoms with E-state index in [0.29, 0.717) is 39.0 Å². The highest BCUT2D eigenvalue weighted by atomic mass is 35.5. The van der Waals surface area contributed by atoms with Crippen molar-refractivity contribution in [3.05, 3.63) is 76.8 Å². The molecule has 3 rings (SSSR count). The molecule has 162 valence electrons. The minimum Gasteiger partial charge on any atom is -0.493 e. The van der Waals surface area contributed by atoms with Gasteiger partial charge in [0.1, 0.15) is 0 Å². The number of methoxy groups -OCH3 is 2. The van der Waals surface area contributed by atoms with Gasteiger partial charge in [-0.2, -0.15) is 0 Å². The Bertz CT molecular complexity index is 1230. The lowest BCUT2D eigenvalue weighted by atomic mass is 10.1. The molecule has 0 fully saturated rings.